The smallest absolute Gasteiger partial charge is 0.262 e. The molecule has 1 heterocycles. The molecule has 0 fully saturated rings. The van der Waals surface area contributed by atoms with Gasteiger partial charge < -0.3 is 0 Å². The predicted molar refractivity (Wildman–Crippen MR) is 85.0 cm³/mol. The Morgan fingerprint density at radius 2 is 2.16 bits per heavy atom. The third kappa shape index (κ3) is 3.03. The first kappa shape index (κ1) is 14.6. The van der Waals surface area contributed by atoms with Gasteiger partial charge in [0.05, 0.1) is 10.9 Å². The lowest BCUT2D eigenvalue weighted by molar-refractivity contribution is 0.632. The van der Waals surface area contributed by atoms with Crippen molar-refractivity contribution in [3.8, 4) is 0 Å². The summed E-state index contributed by atoms with van der Waals surface area (Å²) in [6, 6.07) is 5.65. The third-order valence-corrected chi connectivity index (χ3v) is 4.83. The fraction of sp³-hybridized carbons (Fsp3) is 0.429. The van der Waals surface area contributed by atoms with E-state index >= 15 is 0 Å². The molecule has 0 radical (unpaired) electrons. The van der Waals surface area contributed by atoms with Crippen molar-refractivity contribution in [2.24, 2.45) is 0 Å². The molecule has 0 bridgehead atoms. The van der Waals surface area contributed by atoms with Crippen LogP contribution in [-0.2, 0) is 6.54 Å². The number of halogens is 1. The molecule has 0 saturated carbocycles. The summed E-state index contributed by atoms with van der Waals surface area (Å²) in [5, 5.41) is 1.94. The Bertz CT molecular complexity index is 654. The van der Waals surface area contributed by atoms with Crippen molar-refractivity contribution in [2.45, 2.75) is 44.1 Å². The molecule has 1 unspecified atom stereocenters. The number of hydrogen-bond donors (Lipinski definition) is 0. The average Bonchev–Trinajstić information content (AvgIpc) is 2.40. The van der Waals surface area contributed by atoms with Crippen LogP contribution in [-0.4, -0.2) is 14.8 Å². The third-order valence-electron chi connectivity index (χ3n) is 3.08. The fourth-order valence-electron chi connectivity index (χ4n) is 1.80. The van der Waals surface area contributed by atoms with Crippen LogP contribution in [0.25, 0.3) is 10.9 Å². The molecule has 0 amide bonds. The van der Waals surface area contributed by atoms with E-state index in [-0.39, 0.29) is 5.56 Å². The fourth-order valence-corrected chi connectivity index (χ4v) is 3.18. The molecule has 3 nitrogen and oxygen atoms in total. The summed E-state index contributed by atoms with van der Waals surface area (Å²) < 4.78 is 2.66. The number of nitrogens with zero attached hydrogens (tertiary/aromatic N) is 2. The Labute approximate surface area is 125 Å². The Hall–Kier alpha value is -0.810. The highest BCUT2D eigenvalue weighted by atomic mass is 79.9. The highest BCUT2D eigenvalue weighted by molar-refractivity contribution is 9.10. The highest BCUT2D eigenvalue weighted by Crippen LogP contribution is 2.24. The van der Waals surface area contributed by atoms with E-state index in [9.17, 15) is 4.79 Å². The van der Waals surface area contributed by atoms with Crippen molar-refractivity contribution < 1.29 is 0 Å². The molecule has 0 aliphatic heterocycles. The second kappa shape index (κ2) is 6.09. The largest absolute Gasteiger partial charge is 0.287 e. The molecule has 1 aromatic carbocycles. The summed E-state index contributed by atoms with van der Waals surface area (Å²) in [6.07, 6.45) is 1.06. The van der Waals surface area contributed by atoms with E-state index in [0.717, 1.165) is 21.6 Å². The predicted octanol–water partition coefficient (Wildman–Crippen LogP) is 4.07. The Morgan fingerprint density at radius 1 is 1.42 bits per heavy atom. The van der Waals surface area contributed by atoms with Crippen LogP contribution in [0.3, 0.4) is 0 Å². The van der Waals surface area contributed by atoms with E-state index in [2.05, 4.69) is 34.8 Å². The Kier molecular flexibility index (Phi) is 4.68. The lowest BCUT2D eigenvalue weighted by Gasteiger charge is -2.14. The lowest BCUT2D eigenvalue weighted by Crippen LogP contribution is -2.23. The number of rotatable bonds is 4. The van der Waals surface area contributed by atoms with Crippen molar-refractivity contribution in [1.29, 1.82) is 0 Å². The molecular weight excluding hydrogens is 324 g/mol. The van der Waals surface area contributed by atoms with Crippen LogP contribution in [0.5, 0.6) is 0 Å². The summed E-state index contributed by atoms with van der Waals surface area (Å²) >= 11 is 5.07. The average molecular weight is 341 g/mol. The minimum absolute atomic E-state index is 0.0413. The van der Waals surface area contributed by atoms with Gasteiger partial charge in [0.25, 0.3) is 5.56 Å². The molecule has 0 aliphatic rings. The van der Waals surface area contributed by atoms with Gasteiger partial charge in [-0.3, -0.25) is 9.36 Å². The van der Waals surface area contributed by atoms with Gasteiger partial charge in [-0.05, 0) is 31.5 Å². The SMILES string of the molecule is CCC(C)Sc1nc2ccc(Br)cc2c(=O)n1CC. The number of fused-ring (bicyclic) bond motifs is 1. The summed E-state index contributed by atoms with van der Waals surface area (Å²) in [5.74, 6) is 0. The van der Waals surface area contributed by atoms with Gasteiger partial charge in [-0.15, -0.1) is 0 Å². The topological polar surface area (TPSA) is 34.9 Å². The van der Waals surface area contributed by atoms with Crippen molar-refractivity contribution in [3.05, 3.63) is 33.0 Å². The monoisotopic (exact) mass is 340 g/mol. The molecule has 2 aromatic rings. The maximum atomic E-state index is 12.5. The standard InChI is InChI=1S/C14H17BrN2OS/c1-4-9(3)19-14-16-12-7-6-10(15)8-11(12)13(18)17(14)5-2/h6-9H,4-5H2,1-3H3. The van der Waals surface area contributed by atoms with Crippen LogP contribution < -0.4 is 5.56 Å². The van der Waals surface area contributed by atoms with E-state index in [1.165, 1.54) is 0 Å². The van der Waals surface area contributed by atoms with Crippen LogP contribution in [0.1, 0.15) is 27.2 Å². The molecule has 19 heavy (non-hydrogen) atoms. The summed E-state index contributed by atoms with van der Waals surface area (Å²) in [6.45, 7) is 6.92. The van der Waals surface area contributed by atoms with E-state index in [1.807, 2.05) is 25.1 Å². The highest BCUT2D eigenvalue weighted by Gasteiger charge is 2.12. The molecule has 0 saturated heterocycles. The minimum atomic E-state index is 0.0413. The van der Waals surface area contributed by atoms with Crippen LogP contribution in [0.4, 0.5) is 0 Å². The van der Waals surface area contributed by atoms with E-state index in [0.29, 0.717) is 17.2 Å². The number of hydrogen-bond acceptors (Lipinski definition) is 3. The van der Waals surface area contributed by atoms with Gasteiger partial charge in [0.2, 0.25) is 0 Å². The van der Waals surface area contributed by atoms with Crippen molar-refractivity contribution in [3.63, 3.8) is 0 Å². The maximum absolute atomic E-state index is 12.5. The van der Waals surface area contributed by atoms with E-state index in [4.69, 9.17) is 0 Å². The van der Waals surface area contributed by atoms with Crippen LogP contribution in [0.15, 0.2) is 32.6 Å². The molecule has 2 rings (SSSR count). The lowest BCUT2D eigenvalue weighted by atomic mass is 10.2. The molecule has 0 spiro atoms. The van der Waals surface area contributed by atoms with Crippen LogP contribution in [0, 0.1) is 0 Å². The minimum Gasteiger partial charge on any atom is -0.287 e. The first-order chi connectivity index (χ1) is 9.06. The summed E-state index contributed by atoms with van der Waals surface area (Å²) in [4.78, 5) is 17.1. The van der Waals surface area contributed by atoms with Gasteiger partial charge in [0, 0.05) is 16.3 Å². The Morgan fingerprint density at radius 3 is 2.79 bits per heavy atom. The summed E-state index contributed by atoms with van der Waals surface area (Å²) in [5.41, 5.74) is 0.809. The zero-order chi connectivity index (χ0) is 14.0. The second-order valence-corrected chi connectivity index (χ2v) is 6.76. The van der Waals surface area contributed by atoms with Gasteiger partial charge in [0.1, 0.15) is 0 Å². The molecular formula is C14H17BrN2OS. The first-order valence-electron chi connectivity index (χ1n) is 6.43. The quantitative estimate of drug-likeness (QED) is 0.621. The molecule has 1 atom stereocenters. The normalized spacial score (nSPS) is 12.8. The molecule has 5 heteroatoms. The number of aromatic nitrogens is 2. The second-order valence-electron chi connectivity index (χ2n) is 4.44. The van der Waals surface area contributed by atoms with E-state index < -0.39 is 0 Å². The van der Waals surface area contributed by atoms with Gasteiger partial charge in [-0.1, -0.05) is 41.5 Å². The van der Waals surface area contributed by atoms with Crippen LogP contribution in [0.2, 0.25) is 0 Å². The van der Waals surface area contributed by atoms with Gasteiger partial charge in [0.15, 0.2) is 5.16 Å². The van der Waals surface area contributed by atoms with Gasteiger partial charge in [-0.2, -0.15) is 0 Å². The van der Waals surface area contributed by atoms with Crippen LogP contribution >= 0.6 is 27.7 Å². The Balaban J connectivity index is 2.65. The molecule has 0 aliphatic carbocycles. The maximum Gasteiger partial charge on any atom is 0.262 e. The van der Waals surface area contributed by atoms with Gasteiger partial charge in [-0.25, -0.2) is 4.98 Å². The van der Waals surface area contributed by atoms with Crippen molar-refractivity contribution >= 4 is 38.6 Å². The summed E-state index contributed by atoms with van der Waals surface area (Å²) in [7, 11) is 0. The molecule has 1 aromatic heterocycles. The van der Waals surface area contributed by atoms with E-state index in [1.54, 1.807) is 16.3 Å². The number of benzene rings is 1. The van der Waals surface area contributed by atoms with Crippen molar-refractivity contribution in [1.82, 2.24) is 9.55 Å². The van der Waals surface area contributed by atoms with Crippen molar-refractivity contribution in [2.75, 3.05) is 0 Å². The van der Waals surface area contributed by atoms with Gasteiger partial charge >= 0.3 is 0 Å². The zero-order valence-corrected chi connectivity index (χ0v) is 13.7. The molecule has 0 N–H and O–H groups in total. The zero-order valence-electron chi connectivity index (χ0n) is 11.3. The first-order valence-corrected chi connectivity index (χ1v) is 8.10. The molecule has 102 valence electrons. The number of thioether (sulfide) groups is 1.